The van der Waals surface area contributed by atoms with E-state index in [-0.39, 0.29) is 24.6 Å². The molecule has 94 valence electrons. The summed E-state index contributed by atoms with van der Waals surface area (Å²) in [4.78, 5) is 21.9. The molecule has 1 unspecified atom stereocenters. The lowest BCUT2D eigenvalue weighted by Crippen LogP contribution is -2.08. The van der Waals surface area contributed by atoms with Gasteiger partial charge in [0.2, 0.25) is 0 Å². The number of allylic oxidation sites excluding steroid dienone is 4. The predicted molar refractivity (Wildman–Crippen MR) is 66.5 cm³/mol. The molecular weight excluding hydrogens is 216 g/mol. The van der Waals surface area contributed by atoms with Crippen LogP contribution < -0.4 is 0 Å². The maximum absolute atomic E-state index is 11.2. The van der Waals surface area contributed by atoms with Gasteiger partial charge in [0.15, 0.2) is 0 Å². The first kappa shape index (κ1) is 13.7. The molecule has 0 amide bonds. The topological polar surface area (TPSA) is 43.4 Å². The fourth-order valence-electron chi connectivity index (χ4n) is 1.74. The third-order valence-corrected chi connectivity index (χ3v) is 2.85. The van der Waals surface area contributed by atoms with Crippen LogP contribution in [0.2, 0.25) is 0 Å². The number of carbonyl (C=O) groups is 2. The molecule has 0 spiro atoms. The van der Waals surface area contributed by atoms with Crippen molar-refractivity contribution in [2.75, 3.05) is 6.61 Å². The largest absolute Gasteiger partial charge is 0.466 e. The average Bonchev–Trinajstić information content (AvgIpc) is 2.68. The van der Waals surface area contributed by atoms with E-state index in [4.69, 9.17) is 4.74 Å². The Hall–Kier alpha value is -1.38. The first-order valence-corrected chi connectivity index (χ1v) is 6.12. The van der Waals surface area contributed by atoms with Gasteiger partial charge in [-0.05, 0) is 25.7 Å². The third-order valence-electron chi connectivity index (χ3n) is 2.85. The van der Waals surface area contributed by atoms with Crippen molar-refractivity contribution in [3.8, 4) is 0 Å². The van der Waals surface area contributed by atoms with Crippen LogP contribution in [0.1, 0.15) is 39.5 Å². The number of carbonyl (C=O) groups excluding carboxylic acids is 2. The third kappa shape index (κ3) is 5.48. The van der Waals surface area contributed by atoms with Gasteiger partial charge < -0.3 is 9.53 Å². The highest BCUT2D eigenvalue weighted by atomic mass is 16.5. The molecule has 0 aromatic heterocycles. The van der Waals surface area contributed by atoms with Crippen LogP contribution in [0.4, 0.5) is 0 Å². The van der Waals surface area contributed by atoms with Crippen molar-refractivity contribution in [2.24, 2.45) is 5.92 Å². The van der Waals surface area contributed by atoms with Crippen LogP contribution >= 0.6 is 0 Å². The number of ether oxygens (including phenoxy) is 1. The van der Waals surface area contributed by atoms with Crippen molar-refractivity contribution in [3.63, 3.8) is 0 Å². The molecule has 0 fully saturated rings. The molecule has 1 aliphatic rings. The zero-order chi connectivity index (χ0) is 12.7. The molecule has 1 rings (SSSR count). The number of rotatable bonds is 7. The minimum atomic E-state index is -0.272. The first-order valence-electron chi connectivity index (χ1n) is 6.12. The molecule has 0 saturated carbocycles. The first-order chi connectivity index (χ1) is 8.09. The van der Waals surface area contributed by atoms with Crippen LogP contribution in [0.5, 0.6) is 0 Å². The Morgan fingerprint density at radius 3 is 2.71 bits per heavy atom. The van der Waals surface area contributed by atoms with E-state index in [1.165, 1.54) is 12.5 Å². The summed E-state index contributed by atoms with van der Waals surface area (Å²) in [6.45, 7) is 4.09. The summed E-state index contributed by atoms with van der Waals surface area (Å²) < 4.78 is 5.05. The highest BCUT2D eigenvalue weighted by Gasteiger charge is 2.09. The van der Waals surface area contributed by atoms with E-state index in [2.05, 4.69) is 25.2 Å². The quantitative estimate of drug-likeness (QED) is 0.504. The van der Waals surface area contributed by atoms with E-state index >= 15 is 0 Å². The van der Waals surface area contributed by atoms with Gasteiger partial charge in [-0.2, -0.15) is 0 Å². The van der Waals surface area contributed by atoms with Crippen LogP contribution in [-0.2, 0) is 14.3 Å². The van der Waals surface area contributed by atoms with Crippen molar-refractivity contribution in [3.05, 3.63) is 23.8 Å². The van der Waals surface area contributed by atoms with Crippen molar-refractivity contribution < 1.29 is 14.3 Å². The van der Waals surface area contributed by atoms with Crippen LogP contribution in [0.25, 0.3) is 0 Å². The van der Waals surface area contributed by atoms with Crippen molar-refractivity contribution in [2.45, 2.75) is 39.5 Å². The van der Waals surface area contributed by atoms with Gasteiger partial charge in [0, 0.05) is 6.42 Å². The Kier molecular flexibility index (Phi) is 5.67. The molecule has 3 heteroatoms. The van der Waals surface area contributed by atoms with Gasteiger partial charge in [0.25, 0.3) is 0 Å². The fraction of sp³-hybridized carbons (Fsp3) is 0.571. The molecule has 3 nitrogen and oxygen atoms in total. The monoisotopic (exact) mass is 236 g/mol. The van der Waals surface area contributed by atoms with E-state index in [9.17, 15) is 9.59 Å². The molecule has 0 bridgehead atoms. The van der Waals surface area contributed by atoms with Crippen LogP contribution in [-0.4, -0.2) is 18.4 Å². The normalized spacial score (nSPS) is 18.0. The standard InChI is InChI=1S/C14H20O3/c1-11-5-3-6-13(11)7-4-10-17-14(16)9-8-12(2)15/h3,5-6,11H,4,7-10H2,1-2H3. The zero-order valence-electron chi connectivity index (χ0n) is 10.6. The van der Waals surface area contributed by atoms with Gasteiger partial charge >= 0.3 is 5.97 Å². The smallest absolute Gasteiger partial charge is 0.306 e. The number of hydrogen-bond acceptors (Lipinski definition) is 3. The maximum Gasteiger partial charge on any atom is 0.306 e. The van der Waals surface area contributed by atoms with Gasteiger partial charge in [0.1, 0.15) is 5.78 Å². The predicted octanol–water partition coefficient (Wildman–Crippen LogP) is 2.81. The lowest BCUT2D eigenvalue weighted by Gasteiger charge is -2.08. The number of ketones is 1. The molecule has 1 aliphatic carbocycles. The summed E-state index contributed by atoms with van der Waals surface area (Å²) >= 11 is 0. The molecule has 1 atom stereocenters. The summed E-state index contributed by atoms with van der Waals surface area (Å²) in [5, 5.41) is 0. The van der Waals surface area contributed by atoms with Gasteiger partial charge in [-0.1, -0.05) is 30.7 Å². The number of Topliss-reactive ketones (excluding diaryl/α,β-unsaturated/α-hetero) is 1. The van der Waals surface area contributed by atoms with Gasteiger partial charge in [0.05, 0.1) is 13.0 Å². The molecule has 0 heterocycles. The van der Waals surface area contributed by atoms with Crippen molar-refractivity contribution in [1.82, 2.24) is 0 Å². The lowest BCUT2D eigenvalue weighted by molar-refractivity contribution is -0.144. The van der Waals surface area contributed by atoms with Gasteiger partial charge in [-0.15, -0.1) is 0 Å². The highest BCUT2D eigenvalue weighted by molar-refractivity contribution is 5.80. The Labute approximate surface area is 103 Å². The van der Waals surface area contributed by atoms with Gasteiger partial charge in [-0.25, -0.2) is 0 Å². The summed E-state index contributed by atoms with van der Waals surface area (Å²) in [5.74, 6) is 0.271. The maximum atomic E-state index is 11.2. The molecule has 0 saturated heterocycles. The van der Waals surface area contributed by atoms with Crippen LogP contribution in [0.15, 0.2) is 23.8 Å². The Morgan fingerprint density at radius 1 is 1.35 bits per heavy atom. The Morgan fingerprint density at radius 2 is 2.12 bits per heavy atom. The lowest BCUT2D eigenvalue weighted by atomic mass is 10.0. The SMILES string of the molecule is CC(=O)CCC(=O)OCCCC1=CC=CC1C. The van der Waals surface area contributed by atoms with Crippen LogP contribution in [0.3, 0.4) is 0 Å². The van der Waals surface area contributed by atoms with Crippen LogP contribution in [0, 0.1) is 5.92 Å². The summed E-state index contributed by atoms with van der Waals surface area (Å²) in [7, 11) is 0. The fourth-order valence-corrected chi connectivity index (χ4v) is 1.74. The molecule has 0 N–H and O–H groups in total. The molecule has 0 aromatic carbocycles. The molecular formula is C14H20O3. The second kappa shape index (κ2) is 7.05. The Bertz CT molecular complexity index is 339. The Balaban J connectivity index is 2.04. The van der Waals surface area contributed by atoms with E-state index in [1.807, 2.05) is 0 Å². The van der Waals surface area contributed by atoms with E-state index in [0.29, 0.717) is 12.5 Å². The second-order valence-electron chi connectivity index (χ2n) is 4.44. The van der Waals surface area contributed by atoms with E-state index in [1.54, 1.807) is 0 Å². The molecule has 17 heavy (non-hydrogen) atoms. The number of esters is 1. The minimum absolute atomic E-state index is 0.0259. The molecule has 0 aromatic rings. The second-order valence-corrected chi connectivity index (χ2v) is 4.44. The zero-order valence-corrected chi connectivity index (χ0v) is 10.6. The minimum Gasteiger partial charge on any atom is -0.466 e. The van der Waals surface area contributed by atoms with E-state index in [0.717, 1.165) is 12.8 Å². The van der Waals surface area contributed by atoms with E-state index < -0.39 is 0 Å². The highest BCUT2D eigenvalue weighted by Crippen LogP contribution is 2.22. The summed E-state index contributed by atoms with van der Waals surface area (Å²) in [5.41, 5.74) is 1.39. The molecule has 0 radical (unpaired) electrons. The summed E-state index contributed by atoms with van der Waals surface area (Å²) in [6, 6.07) is 0. The number of hydrogen-bond donors (Lipinski definition) is 0. The molecule has 0 aliphatic heterocycles. The van der Waals surface area contributed by atoms with Gasteiger partial charge in [-0.3, -0.25) is 4.79 Å². The van der Waals surface area contributed by atoms with Crippen molar-refractivity contribution in [1.29, 1.82) is 0 Å². The average molecular weight is 236 g/mol. The van der Waals surface area contributed by atoms with Crippen molar-refractivity contribution >= 4 is 11.8 Å². The summed E-state index contributed by atoms with van der Waals surface area (Å²) in [6.07, 6.45) is 8.66.